The highest BCUT2D eigenvalue weighted by Crippen LogP contribution is 2.05. The first kappa shape index (κ1) is 33.8. The summed E-state index contributed by atoms with van der Waals surface area (Å²) >= 11 is 0. The van der Waals surface area contributed by atoms with E-state index in [9.17, 15) is 14.4 Å². The summed E-state index contributed by atoms with van der Waals surface area (Å²) in [5, 5.41) is 5.39. The molecule has 0 unspecified atom stereocenters. The quantitative estimate of drug-likeness (QED) is 0.113. The van der Waals surface area contributed by atoms with Crippen LogP contribution in [-0.2, 0) is 25.7 Å². The zero-order valence-electron chi connectivity index (χ0n) is 23.8. The molecule has 1 heterocycles. The van der Waals surface area contributed by atoms with E-state index in [0.29, 0.717) is 24.4 Å². The predicted octanol–water partition coefficient (Wildman–Crippen LogP) is 6.84. The van der Waals surface area contributed by atoms with Crippen molar-refractivity contribution in [3.63, 3.8) is 0 Å². The summed E-state index contributed by atoms with van der Waals surface area (Å²) in [6.45, 7) is 2.40. The molecule has 0 radical (unpaired) electrons. The Morgan fingerprint density at radius 3 is 1.88 bits per heavy atom. The minimum atomic E-state index is -0.622. The van der Waals surface area contributed by atoms with Crippen molar-refractivity contribution in [2.24, 2.45) is 0 Å². The standard InChI is InChI=1S/C33H43N3O4/c1-3-4-5-6-7-8-9-10-11-12-13-14-15-16-17-18-19-20-21-25-31(37)34-28-29-23-22-24-30(35-29)36-32(38)26-27-33(39)40-2/h4-5,7-8,10-11,13-14,16-17,19-20,22-24,26-27H,3,6,9,12,15,18,21,25,28H2,1-2H3,(H,34,37)(H,35,36,38). The number of nitrogens with one attached hydrogen (secondary N) is 2. The van der Waals surface area contributed by atoms with E-state index in [1.165, 1.54) is 7.11 Å². The molecule has 0 aliphatic heterocycles. The molecule has 0 saturated heterocycles. The first-order valence-electron chi connectivity index (χ1n) is 13.7. The van der Waals surface area contributed by atoms with Gasteiger partial charge in [0.05, 0.1) is 19.3 Å². The van der Waals surface area contributed by atoms with E-state index in [1.54, 1.807) is 18.2 Å². The van der Waals surface area contributed by atoms with Crippen LogP contribution in [0.25, 0.3) is 0 Å². The van der Waals surface area contributed by atoms with Crippen molar-refractivity contribution in [3.05, 3.63) is 109 Å². The molecule has 7 nitrogen and oxygen atoms in total. The number of anilines is 1. The smallest absolute Gasteiger partial charge is 0.330 e. The Hall–Kier alpha value is -4.26. The first-order chi connectivity index (χ1) is 19.5. The normalized spacial score (nSPS) is 12.2. The third-order valence-corrected chi connectivity index (χ3v) is 5.23. The van der Waals surface area contributed by atoms with Crippen molar-refractivity contribution in [1.82, 2.24) is 10.3 Å². The van der Waals surface area contributed by atoms with Crippen LogP contribution in [0.15, 0.2) is 103 Å². The number of hydrogen-bond acceptors (Lipinski definition) is 5. The van der Waals surface area contributed by atoms with E-state index in [1.807, 2.05) is 6.08 Å². The van der Waals surface area contributed by atoms with Crippen LogP contribution < -0.4 is 10.6 Å². The number of carbonyl (C=O) groups is 3. The maximum Gasteiger partial charge on any atom is 0.330 e. The summed E-state index contributed by atoms with van der Waals surface area (Å²) in [7, 11) is 1.23. The second kappa shape index (κ2) is 23.8. The van der Waals surface area contributed by atoms with Gasteiger partial charge < -0.3 is 15.4 Å². The number of hydrogen-bond donors (Lipinski definition) is 2. The SMILES string of the molecule is CCC=CCC=CCC=CCC=CCC=CCC=CCCC(=O)NCc1cccc(NC(=O)C=CC(=O)OC)n1. The van der Waals surface area contributed by atoms with E-state index in [-0.39, 0.29) is 12.5 Å². The van der Waals surface area contributed by atoms with E-state index in [2.05, 4.69) is 94.1 Å². The zero-order valence-corrected chi connectivity index (χ0v) is 23.8. The maximum atomic E-state index is 12.1. The van der Waals surface area contributed by atoms with Gasteiger partial charge in [0.1, 0.15) is 5.82 Å². The van der Waals surface area contributed by atoms with Gasteiger partial charge in [0, 0.05) is 18.6 Å². The number of aromatic nitrogens is 1. The van der Waals surface area contributed by atoms with Gasteiger partial charge in [-0.1, -0.05) is 85.9 Å². The molecular formula is C33H43N3O4. The molecule has 0 bridgehead atoms. The van der Waals surface area contributed by atoms with Crippen molar-refractivity contribution in [2.45, 2.75) is 64.8 Å². The van der Waals surface area contributed by atoms with Crippen LogP contribution in [0.5, 0.6) is 0 Å². The monoisotopic (exact) mass is 545 g/mol. The summed E-state index contributed by atoms with van der Waals surface area (Å²) < 4.78 is 4.44. The lowest BCUT2D eigenvalue weighted by atomic mass is 10.2. The lowest BCUT2D eigenvalue weighted by molar-refractivity contribution is -0.135. The van der Waals surface area contributed by atoms with Gasteiger partial charge in [-0.2, -0.15) is 0 Å². The van der Waals surface area contributed by atoms with Crippen LogP contribution in [0.4, 0.5) is 5.82 Å². The number of pyridine rings is 1. The van der Waals surface area contributed by atoms with Gasteiger partial charge in [-0.3, -0.25) is 9.59 Å². The summed E-state index contributed by atoms with van der Waals surface area (Å²) in [6, 6.07) is 5.11. The lowest BCUT2D eigenvalue weighted by Crippen LogP contribution is -2.23. The van der Waals surface area contributed by atoms with Gasteiger partial charge >= 0.3 is 5.97 Å². The van der Waals surface area contributed by atoms with Gasteiger partial charge in [-0.25, -0.2) is 9.78 Å². The number of amides is 2. The van der Waals surface area contributed by atoms with Gasteiger partial charge in [-0.05, 0) is 57.1 Å². The van der Waals surface area contributed by atoms with E-state index >= 15 is 0 Å². The molecule has 0 atom stereocenters. The molecule has 1 aromatic rings. The van der Waals surface area contributed by atoms with Crippen molar-refractivity contribution < 1.29 is 19.1 Å². The molecule has 0 aliphatic carbocycles. The Morgan fingerprint density at radius 1 is 0.775 bits per heavy atom. The largest absolute Gasteiger partial charge is 0.466 e. The van der Waals surface area contributed by atoms with Crippen molar-refractivity contribution in [2.75, 3.05) is 12.4 Å². The molecule has 0 fully saturated rings. The molecule has 40 heavy (non-hydrogen) atoms. The van der Waals surface area contributed by atoms with Gasteiger partial charge in [0.15, 0.2) is 0 Å². The van der Waals surface area contributed by atoms with Crippen molar-refractivity contribution in [1.29, 1.82) is 0 Å². The van der Waals surface area contributed by atoms with Gasteiger partial charge in [-0.15, -0.1) is 0 Å². The fourth-order valence-corrected chi connectivity index (χ4v) is 3.16. The minimum absolute atomic E-state index is 0.0724. The molecule has 1 aromatic heterocycles. The number of esters is 1. The number of carbonyl (C=O) groups excluding carboxylic acids is 3. The average molecular weight is 546 g/mol. The Labute approximate surface area is 239 Å². The highest BCUT2D eigenvalue weighted by Gasteiger charge is 2.04. The number of allylic oxidation sites excluding steroid dienone is 12. The summed E-state index contributed by atoms with van der Waals surface area (Å²) in [6.07, 6.45) is 34.8. The second-order valence-electron chi connectivity index (χ2n) is 8.59. The fraction of sp³-hybridized carbons (Fsp3) is 0.333. The predicted molar refractivity (Wildman–Crippen MR) is 163 cm³/mol. The summed E-state index contributed by atoms with van der Waals surface area (Å²) in [5.41, 5.74) is 0.608. The minimum Gasteiger partial charge on any atom is -0.466 e. The lowest BCUT2D eigenvalue weighted by Gasteiger charge is -2.06. The van der Waals surface area contributed by atoms with Crippen molar-refractivity contribution in [3.8, 4) is 0 Å². The van der Waals surface area contributed by atoms with Gasteiger partial charge in [0.2, 0.25) is 11.8 Å². The molecule has 0 spiro atoms. The molecule has 2 amide bonds. The topological polar surface area (TPSA) is 97.4 Å². The van der Waals surface area contributed by atoms with Crippen LogP contribution in [0.1, 0.15) is 64.0 Å². The molecule has 214 valence electrons. The van der Waals surface area contributed by atoms with Crippen LogP contribution in [0, 0.1) is 0 Å². The highest BCUT2D eigenvalue weighted by atomic mass is 16.5. The number of ether oxygens (including phenoxy) is 1. The molecule has 0 saturated carbocycles. The fourth-order valence-electron chi connectivity index (χ4n) is 3.16. The molecule has 7 heteroatoms. The summed E-state index contributed by atoms with van der Waals surface area (Å²) in [5.74, 6) is -0.875. The van der Waals surface area contributed by atoms with E-state index in [0.717, 1.165) is 50.7 Å². The molecule has 0 aromatic carbocycles. The third kappa shape index (κ3) is 19.8. The Bertz CT molecular complexity index is 1090. The van der Waals surface area contributed by atoms with Crippen LogP contribution in [-0.4, -0.2) is 29.9 Å². The Morgan fingerprint density at radius 2 is 1.32 bits per heavy atom. The number of rotatable bonds is 19. The Balaban J connectivity index is 2.15. The Kier molecular flexibility index (Phi) is 20.1. The zero-order chi connectivity index (χ0) is 29.1. The van der Waals surface area contributed by atoms with Crippen molar-refractivity contribution >= 4 is 23.6 Å². The van der Waals surface area contributed by atoms with Crippen LogP contribution in [0.2, 0.25) is 0 Å². The van der Waals surface area contributed by atoms with Crippen LogP contribution >= 0.6 is 0 Å². The average Bonchev–Trinajstić information content (AvgIpc) is 2.96. The number of methoxy groups -OCH3 is 1. The third-order valence-electron chi connectivity index (χ3n) is 5.23. The maximum absolute atomic E-state index is 12.1. The highest BCUT2D eigenvalue weighted by molar-refractivity contribution is 6.02. The van der Waals surface area contributed by atoms with Crippen LogP contribution in [0.3, 0.4) is 0 Å². The van der Waals surface area contributed by atoms with E-state index < -0.39 is 11.9 Å². The first-order valence-corrected chi connectivity index (χ1v) is 13.7. The molecule has 2 N–H and O–H groups in total. The number of nitrogens with zero attached hydrogens (tertiary/aromatic N) is 1. The van der Waals surface area contributed by atoms with E-state index in [4.69, 9.17) is 0 Å². The second-order valence-corrected chi connectivity index (χ2v) is 8.59. The molecular weight excluding hydrogens is 502 g/mol. The molecule has 1 rings (SSSR count). The van der Waals surface area contributed by atoms with Gasteiger partial charge in [0.25, 0.3) is 0 Å². The summed E-state index contributed by atoms with van der Waals surface area (Å²) in [4.78, 5) is 39.3. The molecule has 0 aliphatic rings.